The molecule has 0 aromatic heterocycles. The van der Waals surface area contributed by atoms with Crippen LogP contribution in [0.1, 0.15) is 89.0 Å². The molecule has 0 saturated carbocycles. The minimum absolute atomic E-state index is 0. The van der Waals surface area contributed by atoms with Gasteiger partial charge in [-0.2, -0.15) is 0 Å². The zero-order chi connectivity index (χ0) is 12.7. The van der Waals surface area contributed by atoms with E-state index >= 15 is 0 Å². The molecule has 0 bridgehead atoms. The van der Waals surface area contributed by atoms with Crippen LogP contribution in [0.25, 0.3) is 0 Å². The van der Waals surface area contributed by atoms with Crippen LogP contribution in [0.4, 0.5) is 0 Å². The summed E-state index contributed by atoms with van der Waals surface area (Å²) in [7, 11) is 0. The van der Waals surface area contributed by atoms with Crippen molar-refractivity contribution in [3.63, 3.8) is 0 Å². The average molecular weight is 230 g/mol. The molecule has 0 atom stereocenters. The first-order valence-electron chi connectivity index (χ1n) is 6.48. The minimum Gasteiger partial charge on any atom is -0.0776 e. The van der Waals surface area contributed by atoms with E-state index in [4.69, 9.17) is 0 Å². The highest BCUT2D eigenvalue weighted by Gasteiger charge is 2.11. The van der Waals surface area contributed by atoms with Crippen LogP contribution in [0, 0.1) is 16.7 Å². The van der Waals surface area contributed by atoms with Gasteiger partial charge in [-0.25, -0.2) is 0 Å². The van der Waals surface area contributed by atoms with Crippen molar-refractivity contribution in [1.82, 2.24) is 0 Å². The molecule has 0 unspecified atom stereocenters. The summed E-state index contributed by atoms with van der Waals surface area (Å²) < 4.78 is 0. The van der Waals surface area contributed by atoms with E-state index in [2.05, 4.69) is 62.3 Å². The third kappa shape index (κ3) is 29.2. The maximum atomic E-state index is 2.28. The maximum absolute atomic E-state index is 2.28. The van der Waals surface area contributed by atoms with Gasteiger partial charge >= 0.3 is 0 Å². The van der Waals surface area contributed by atoms with Crippen LogP contribution in [0.2, 0.25) is 0 Å². The molecule has 0 nitrogen and oxygen atoms in total. The number of hydrogen-bond acceptors (Lipinski definition) is 0. The second-order valence-corrected chi connectivity index (χ2v) is 7.47. The Labute approximate surface area is 106 Å². The van der Waals surface area contributed by atoms with Gasteiger partial charge in [0.05, 0.1) is 0 Å². The lowest BCUT2D eigenvalue weighted by atomic mass is 9.86. The van der Waals surface area contributed by atoms with Crippen LogP contribution in [0.5, 0.6) is 0 Å². The molecular weight excluding hydrogens is 192 g/mol. The van der Waals surface area contributed by atoms with Gasteiger partial charge < -0.3 is 0 Å². The van der Waals surface area contributed by atoms with Gasteiger partial charge in [-0.3, -0.25) is 0 Å². The Balaban J connectivity index is -0.000000200. The number of rotatable bonds is 2. The summed E-state index contributed by atoms with van der Waals surface area (Å²) in [5.74, 6) is 0.843. The van der Waals surface area contributed by atoms with Gasteiger partial charge in [-0.1, -0.05) is 76.2 Å². The van der Waals surface area contributed by atoms with Gasteiger partial charge in [0.25, 0.3) is 0 Å². The van der Waals surface area contributed by atoms with Gasteiger partial charge in [0.15, 0.2) is 0 Å². The van der Waals surface area contributed by atoms with Crippen molar-refractivity contribution in [3.8, 4) is 0 Å². The third-order valence-electron chi connectivity index (χ3n) is 2.02. The molecule has 0 fully saturated rings. The molecule has 0 spiro atoms. The van der Waals surface area contributed by atoms with E-state index < -0.39 is 0 Å². The zero-order valence-corrected chi connectivity index (χ0v) is 12.7. The molecule has 0 radical (unpaired) electrons. The molecule has 0 aromatic carbocycles. The fourth-order valence-corrected chi connectivity index (χ4v) is 1.97. The lowest BCUT2D eigenvalue weighted by Gasteiger charge is -2.19. The van der Waals surface area contributed by atoms with E-state index in [0.717, 1.165) is 5.92 Å². The molecule has 0 aliphatic heterocycles. The Bertz CT molecular complexity index is 129. The van der Waals surface area contributed by atoms with Crippen molar-refractivity contribution >= 4 is 0 Å². The van der Waals surface area contributed by atoms with Crippen molar-refractivity contribution in [2.45, 2.75) is 89.0 Å². The molecule has 16 heavy (non-hydrogen) atoms. The van der Waals surface area contributed by atoms with E-state index in [1.807, 2.05) is 0 Å². The monoisotopic (exact) mass is 230 g/mol. The van der Waals surface area contributed by atoms with Crippen molar-refractivity contribution in [2.75, 3.05) is 0 Å². The van der Waals surface area contributed by atoms with Crippen molar-refractivity contribution in [2.24, 2.45) is 16.7 Å². The SMILES string of the molecule is C.CC(C)CC(C)(C)C.CCCC(C)(C)C. The van der Waals surface area contributed by atoms with Crippen LogP contribution in [0.3, 0.4) is 0 Å². The minimum atomic E-state index is 0. The van der Waals surface area contributed by atoms with Gasteiger partial charge in [0.1, 0.15) is 0 Å². The Kier molecular flexibility index (Phi) is 12.1. The molecule has 102 valence electrons. The third-order valence-corrected chi connectivity index (χ3v) is 2.02. The molecule has 0 heterocycles. The second kappa shape index (κ2) is 9.07. The van der Waals surface area contributed by atoms with Gasteiger partial charge in [0.2, 0.25) is 0 Å². The van der Waals surface area contributed by atoms with E-state index in [1.165, 1.54) is 19.3 Å². The Morgan fingerprint density at radius 1 is 0.812 bits per heavy atom. The smallest absolute Gasteiger partial charge is 0.0380 e. The molecule has 0 aromatic rings. The molecule has 0 saturated heterocycles. The van der Waals surface area contributed by atoms with Gasteiger partial charge in [-0.15, -0.1) is 0 Å². The van der Waals surface area contributed by atoms with Crippen LogP contribution in [-0.4, -0.2) is 0 Å². The molecule has 0 N–H and O–H groups in total. The predicted molar refractivity (Wildman–Crippen MR) is 80.0 cm³/mol. The lowest BCUT2D eigenvalue weighted by molar-refractivity contribution is 0.320. The number of hydrogen-bond donors (Lipinski definition) is 0. The Hall–Kier alpha value is 0. The molecular formula is C16H38. The summed E-state index contributed by atoms with van der Waals surface area (Å²) >= 11 is 0. The molecule has 0 amide bonds. The Morgan fingerprint density at radius 2 is 1.19 bits per heavy atom. The summed E-state index contributed by atoms with van der Waals surface area (Å²) in [5, 5.41) is 0. The van der Waals surface area contributed by atoms with Gasteiger partial charge in [0, 0.05) is 0 Å². The fourth-order valence-electron chi connectivity index (χ4n) is 1.97. The van der Waals surface area contributed by atoms with E-state index in [9.17, 15) is 0 Å². The normalized spacial score (nSPS) is 11.6. The highest BCUT2D eigenvalue weighted by atomic mass is 14.2. The molecule has 0 aliphatic rings. The quantitative estimate of drug-likeness (QED) is 0.505. The van der Waals surface area contributed by atoms with Gasteiger partial charge in [-0.05, 0) is 29.6 Å². The van der Waals surface area contributed by atoms with Crippen LogP contribution in [0.15, 0.2) is 0 Å². The van der Waals surface area contributed by atoms with E-state index in [-0.39, 0.29) is 7.43 Å². The average Bonchev–Trinajstić information content (AvgIpc) is 1.77. The van der Waals surface area contributed by atoms with Crippen molar-refractivity contribution in [1.29, 1.82) is 0 Å². The van der Waals surface area contributed by atoms with Crippen molar-refractivity contribution in [3.05, 3.63) is 0 Å². The lowest BCUT2D eigenvalue weighted by Crippen LogP contribution is -2.08. The van der Waals surface area contributed by atoms with Crippen LogP contribution < -0.4 is 0 Å². The van der Waals surface area contributed by atoms with Crippen LogP contribution >= 0.6 is 0 Å². The maximum Gasteiger partial charge on any atom is -0.0380 e. The zero-order valence-electron chi connectivity index (χ0n) is 12.7. The fraction of sp³-hybridized carbons (Fsp3) is 1.00. The summed E-state index contributed by atoms with van der Waals surface area (Å²) in [6.45, 7) is 20.4. The molecule has 0 rings (SSSR count). The Morgan fingerprint density at radius 3 is 1.19 bits per heavy atom. The summed E-state index contributed by atoms with van der Waals surface area (Å²) in [5.41, 5.74) is 1.07. The highest BCUT2D eigenvalue weighted by Crippen LogP contribution is 2.23. The standard InChI is InChI=1S/C8H18.C7H16.CH4/c1-7(2)6-8(3,4)5;1-5-6-7(2,3)4;/h7H,6H2,1-5H3;5-6H2,1-4H3;1H4. The second-order valence-electron chi connectivity index (χ2n) is 7.47. The van der Waals surface area contributed by atoms with E-state index in [1.54, 1.807) is 0 Å². The van der Waals surface area contributed by atoms with Crippen LogP contribution in [-0.2, 0) is 0 Å². The first-order valence-corrected chi connectivity index (χ1v) is 6.48. The first-order chi connectivity index (χ1) is 6.48. The largest absolute Gasteiger partial charge is 0.0776 e. The molecule has 0 aliphatic carbocycles. The van der Waals surface area contributed by atoms with E-state index in [0.29, 0.717) is 10.8 Å². The highest BCUT2D eigenvalue weighted by molar-refractivity contribution is 4.62. The summed E-state index contributed by atoms with van der Waals surface area (Å²) in [6.07, 6.45) is 3.98. The molecule has 0 heteroatoms. The first kappa shape index (κ1) is 21.3. The topological polar surface area (TPSA) is 0 Å². The van der Waals surface area contributed by atoms with Crippen molar-refractivity contribution < 1.29 is 0 Å². The predicted octanol–water partition coefficient (Wildman–Crippen LogP) is 6.55. The summed E-state index contributed by atoms with van der Waals surface area (Å²) in [6, 6.07) is 0. The summed E-state index contributed by atoms with van der Waals surface area (Å²) in [4.78, 5) is 0.